The summed E-state index contributed by atoms with van der Waals surface area (Å²) in [4.78, 5) is 0. The molecular weight excluding hydrogens is 344 g/mol. The van der Waals surface area contributed by atoms with Gasteiger partial charge in [0.2, 0.25) is 0 Å². The summed E-state index contributed by atoms with van der Waals surface area (Å²) in [6.45, 7) is 9.85. The molecule has 2 saturated heterocycles. The van der Waals surface area contributed by atoms with E-state index in [2.05, 4.69) is 26.2 Å². The molecule has 2 aliphatic heterocycles. The second-order valence-corrected chi connectivity index (χ2v) is 19.3. The third kappa shape index (κ3) is 5.19. The number of hydrogen-bond donors (Lipinski definition) is 0. The first-order valence-corrected chi connectivity index (χ1v) is 17.0. The minimum atomic E-state index is -1.53. The van der Waals surface area contributed by atoms with Crippen molar-refractivity contribution in [2.24, 2.45) is 11.8 Å². The van der Waals surface area contributed by atoms with Gasteiger partial charge in [-0.1, -0.05) is 12.8 Å². The van der Waals surface area contributed by atoms with E-state index in [1.165, 1.54) is 63.5 Å². The lowest BCUT2D eigenvalue weighted by atomic mass is 9.88. The van der Waals surface area contributed by atoms with E-state index >= 15 is 0 Å². The van der Waals surface area contributed by atoms with Crippen molar-refractivity contribution in [3.63, 3.8) is 0 Å². The van der Waals surface area contributed by atoms with E-state index in [1.807, 2.05) is 0 Å². The zero-order valence-corrected chi connectivity index (χ0v) is 18.8. The lowest BCUT2D eigenvalue weighted by molar-refractivity contribution is 0.352. The summed E-state index contributed by atoms with van der Waals surface area (Å²) in [7, 11) is -3.05. The molecule has 4 fully saturated rings. The van der Waals surface area contributed by atoms with Crippen molar-refractivity contribution in [2.75, 3.05) is 0 Å². The van der Waals surface area contributed by atoms with Gasteiger partial charge in [0.05, 0.1) is 24.4 Å². The van der Waals surface area contributed by atoms with Crippen molar-refractivity contribution in [3.05, 3.63) is 0 Å². The van der Waals surface area contributed by atoms with Gasteiger partial charge >= 0.3 is 0 Å². The fraction of sp³-hybridized carbons (Fsp3) is 1.00. The van der Waals surface area contributed by atoms with E-state index in [4.69, 9.17) is 13.6 Å². The Kier molecular flexibility index (Phi) is 5.26. The van der Waals surface area contributed by atoms with E-state index < -0.39 is 16.6 Å². The highest BCUT2D eigenvalue weighted by Crippen LogP contribution is 2.43. The molecule has 4 aliphatic rings. The molecule has 6 atom stereocenters. The number of rotatable bonds is 8. The molecule has 25 heavy (non-hydrogen) atoms. The highest BCUT2D eigenvalue weighted by Gasteiger charge is 2.45. The maximum atomic E-state index is 6.90. The Labute approximate surface area is 156 Å². The zero-order valence-electron chi connectivity index (χ0n) is 16.8. The van der Waals surface area contributed by atoms with E-state index in [9.17, 15) is 0 Å². The van der Waals surface area contributed by atoms with Crippen molar-refractivity contribution in [1.82, 2.24) is 0 Å². The average Bonchev–Trinajstić information content (AvgIpc) is 3.42. The molecule has 2 heterocycles. The number of epoxide rings is 2. The first-order chi connectivity index (χ1) is 11.8. The third-order valence-corrected chi connectivity index (χ3v) is 14.5. The molecule has 4 rings (SSSR count). The van der Waals surface area contributed by atoms with Crippen LogP contribution in [0.1, 0.15) is 51.4 Å². The molecule has 0 bridgehead atoms. The van der Waals surface area contributed by atoms with Crippen molar-refractivity contribution < 1.29 is 13.6 Å². The van der Waals surface area contributed by atoms with Crippen LogP contribution in [0.3, 0.4) is 0 Å². The molecule has 0 aromatic rings. The van der Waals surface area contributed by atoms with Crippen LogP contribution in [-0.4, -0.2) is 41.1 Å². The standard InChI is InChI=1S/C20H38O3Si2/c1-24(2,11-9-15-5-7-17-19(13-15)21-17)23-25(3,4)12-10-16-6-8-18-20(14-16)22-18/h15-20H,5-14H2,1-4H3/t15-,16-,17-,18+,19+,20-/m0/s1. The Morgan fingerprint density at radius 3 is 1.52 bits per heavy atom. The molecule has 0 aromatic heterocycles. The Balaban J connectivity index is 1.18. The smallest absolute Gasteiger partial charge is 0.173 e. The molecule has 144 valence electrons. The largest absolute Gasteiger partial charge is 0.455 e. The van der Waals surface area contributed by atoms with Gasteiger partial charge in [0.25, 0.3) is 0 Å². The van der Waals surface area contributed by atoms with Gasteiger partial charge in [-0.25, -0.2) is 0 Å². The first-order valence-electron chi connectivity index (χ1n) is 10.8. The summed E-state index contributed by atoms with van der Waals surface area (Å²) in [6.07, 6.45) is 13.3. The summed E-state index contributed by atoms with van der Waals surface area (Å²) in [5, 5.41) is 0. The monoisotopic (exact) mass is 382 g/mol. The maximum absolute atomic E-state index is 6.90. The summed E-state index contributed by atoms with van der Waals surface area (Å²) in [5.74, 6) is 1.80. The van der Waals surface area contributed by atoms with Crippen LogP contribution in [0.25, 0.3) is 0 Å². The van der Waals surface area contributed by atoms with Crippen LogP contribution in [-0.2, 0) is 13.6 Å². The van der Waals surface area contributed by atoms with Gasteiger partial charge in [0.1, 0.15) is 0 Å². The minimum absolute atomic E-state index is 0.626. The average molecular weight is 383 g/mol. The van der Waals surface area contributed by atoms with Crippen LogP contribution >= 0.6 is 0 Å². The molecule has 0 unspecified atom stereocenters. The van der Waals surface area contributed by atoms with Crippen molar-refractivity contribution in [1.29, 1.82) is 0 Å². The normalized spacial score (nSPS) is 40.3. The molecule has 0 amide bonds. The molecule has 2 aliphatic carbocycles. The molecule has 3 nitrogen and oxygen atoms in total. The van der Waals surface area contributed by atoms with Gasteiger partial charge in [-0.3, -0.25) is 0 Å². The molecule has 0 spiro atoms. The van der Waals surface area contributed by atoms with Gasteiger partial charge < -0.3 is 13.6 Å². The number of fused-ring (bicyclic) bond motifs is 2. The van der Waals surface area contributed by atoms with Gasteiger partial charge in [-0.2, -0.15) is 0 Å². The second kappa shape index (κ2) is 7.04. The van der Waals surface area contributed by atoms with Gasteiger partial charge in [-0.15, -0.1) is 0 Å². The molecule has 2 saturated carbocycles. The summed E-state index contributed by atoms with van der Waals surface area (Å²) >= 11 is 0. The highest BCUT2D eigenvalue weighted by atomic mass is 28.4. The Morgan fingerprint density at radius 2 is 1.12 bits per heavy atom. The molecule has 0 N–H and O–H groups in total. The van der Waals surface area contributed by atoms with Crippen LogP contribution in [0.5, 0.6) is 0 Å². The molecular formula is C20H38O3Si2. The Morgan fingerprint density at radius 1 is 0.680 bits per heavy atom. The summed E-state index contributed by atoms with van der Waals surface area (Å²) < 4.78 is 18.3. The van der Waals surface area contributed by atoms with Gasteiger partial charge in [0.15, 0.2) is 16.6 Å². The highest BCUT2D eigenvalue weighted by molar-refractivity contribution is 6.84. The minimum Gasteiger partial charge on any atom is -0.455 e. The van der Waals surface area contributed by atoms with E-state index in [1.54, 1.807) is 0 Å². The van der Waals surface area contributed by atoms with Crippen molar-refractivity contribution in [2.45, 2.75) is 114 Å². The van der Waals surface area contributed by atoms with E-state index in [0.29, 0.717) is 24.4 Å². The van der Waals surface area contributed by atoms with Gasteiger partial charge in [0, 0.05) is 0 Å². The molecule has 0 aromatic carbocycles. The topological polar surface area (TPSA) is 34.3 Å². The lowest BCUT2D eigenvalue weighted by Gasteiger charge is -2.36. The zero-order chi connectivity index (χ0) is 17.7. The SMILES string of the molecule is C[Si](C)(CC[C@@H]1CC[C@H]2O[C@H]2C1)O[Si](C)(C)CC[C@@H]1CC[C@@H]2O[C@@H]2C1. The Bertz CT molecular complexity index is 440. The Hall–Kier alpha value is 0.314. The van der Waals surface area contributed by atoms with E-state index in [0.717, 1.165) is 11.8 Å². The predicted molar refractivity (Wildman–Crippen MR) is 107 cm³/mol. The van der Waals surface area contributed by atoms with Crippen molar-refractivity contribution in [3.8, 4) is 0 Å². The van der Waals surface area contributed by atoms with Crippen LogP contribution in [0.15, 0.2) is 0 Å². The number of hydrogen-bond acceptors (Lipinski definition) is 3. The summed E-state index contributed by atoms with van der Waals surface area (Å²) in [6, 6.07) is 2.68. The number of ether oxygens (including phenoxy) is 2. The van der Waals surface area contributed by atoms with Crippen LogP contribution in [0.2, 0.25) is 38.3 Å². The second-order valence-electron chi connectivity index (χ2n) is 10.5. The quantitative estimate of drug-likeness (QED) is 0.420. The lowest BCUT2D eigenvalue weighted by Crippen LogP contribution is -2.44. The van der Waals surface area contributed by atoms with Crippen LogP contribution in [0.4, 0.5) is 0 Å². The molecule has 5 heteroatoms. The van der Waals surface area contributed by atoms with Gasteiger partial charge in [-0.05, 0) is 88.6 Å². The first kappa shape index (κ1) is 18.7. The van der Waals surface area contributed by atoms with Crippen LogP contribution < -0.4 is 0 Å². The van der Waals surface area contributed by atoms with Crippen LogP contribution in [0, 0.1) is 11.8 Å². The van der Waals surface area contributed by atoms with Crippen molar-refractivity contribution >= 4 is 16.6 Å². The maximum Gasteiger partial charge on any atom is 0.173 e. The third-order valence-electron chi connectivity index (χ3n) is 7.09. The molecule has 0 radical (unpaired) electrons. The predicted octanol–water partition coefficient (Wildman–Crippen LogP) is 5.33. The van der Waals surface area contributed by atoms with E-state index in [-0.39, 0.29) is 0 Å². The fourth-order valence-corrected chi connectivity index (χ4v) is 14.5. The fourth-order valence-electron chi connectivity index (χ4n) is 5.45. The summed E-state index contributed by atoms with van der Waals surface area (Å²) in [5.41, 5.74) is 0.